The smallest absolute Gasteiger partial charge is 0.410 e. The molecular weight excluding hydrogens is 285 g/mol. The minimum atomic E-state index is -0.530. The number of amides is 1. The maximum absolute atomic E-state index is 13.9. The first-order chi connectivity index (χ1) is 10.1. The van der Waals surface area contributed by atoms with Crippen molar-refractivity contribution in [1.29, 1.82) is 5.41 Å². The van der Waals surface area contributed by atoms with E-state index in [1.165, 1.54) is 19.2 Å². The first-order valence-corrected chi connectivity index (χ1v) is 7.08. The van der Waals surface area contributed by atoms with Gasteiger partial charge in [0, 0.05) is 35.0 Å². The van der Waals surface area contributed by atoms with Crippen molar-refractivity contribution < 1.29 is 13.9 Å². The quantitative estimate of drug-likeness (QED) is 0.660. The number of nitrogens with one attached hydrogen (secondary N) is 1. The third-order valence-electron chi connectivity index (χ3n) is 3.35. The van der Waals surface area contributed by atoms with Crippen LogP contribution in [0.4, 0.5) is 14.9 Å². The molecule has 5 nitrogen and oxygen atoms in total. The van der Waals surface area contributed by atoms with Gasteiger partial charge in [-0.15, -0.1) is 0 Å². The van der Waals surface area contributed by atoms with Gasteiger partial charge in [-0.1, -0.05) is 0 Å². The van der Waals surface area contributed by atoms with Crippen LogP contribution in [0.5, 0.6) is 0 Å². The molecule has 0 saturated heterocycles. The zero-order valence-corrected chi connectivity index (χ0v) is 13.7. The Kier molecular flexibility index (Phi) is 5.52. The third-order valence-corrected chi connectivity index (χ3v) is 3.35. The molecule has 22 heavy (non-hydrogen) atoms. The Bertz CT molecular complexity index is 567. The molecule has 0 spiro atoms. The molecule has 0 aliphatic rings. The summed E-state index contributed by atoms with van der Waals surface area (Å²) in [7, 11) is 1.32. The lowest BCUT2D eigenvalue weighted by atomic mass is 9.98. The van der Waals surface area contributed by atoms with Gasteiger partial charge >= 0.3 is 6.09 Å². The highest BCUT2D eigenvalue weighted by molar-refractivity contribution is 5.99. The van der Waals surface area contributed by atoms with Crippen LogP contribution >= 0.6 is 0 Å². The molecule has 1 rings (SSSR count). The third kappa shape index (κ3) is 4.19. The van der Waals surface area contributed by atoms with Gasteiger partial charge in [0.2, 0.25) is 0 Å². The number of nitrogen functional groups attached to an aromatic ring is 1. The molecule has 0 aliphatic heterocycles. The number of nitrogens with two attached hydrogens (primary N) is 1. The first kappa shape index (κ1) is 17.9. The van der Waals surface area contributed by atoms with Crippen molar-refractivity contribution in [2.24, 2.45) is 0 Å². The van der Waals surface area contributed by atoms with Crippen molar-refractivity contribution in [2.45, 2.75) is 45.7 Å². The number of anilines is 1. The number of benzene rings is 1. The number of hydrogen-bond donors (Lipinski definition) is 2. The van der Waals surface area contributed by atoms with Crippen LogP contribution < -0.4 is 5.73 Å². The molecule has 1 amide bonds. The normalized spacial score (nSPS) is 12.6. The van der Waals surface area contributed by atoms with Gasteiger partial charge in [0.25, 0.3) is 0 Å². The molecule has 0 fully saturated rings. The van der Waals surface area contributed by atoms with Crippen LogP contribution in [-0.2, 0) is 4.74 Å². The van der Waals surface area contributed by atoms with Gasteiger partial charge in [-0.25, -0.2) is 9.18 Å². The predicted molar refractivity (Wildman–Crippen MR) is 85.7 cm³/mol. The van der Waals surface area contributed by atoms with E-state index in [0.29, 0.717) is 5.69 Å². The summed E-state index contributed by atoms with van der Waals surface area (Å²) in [6.45, 7) is 7.46. The van der Waals surface area contributed by atoms with E-state index in [1.54, 1.807) is 11.0 Å². The summed E-state index contributed by atoms with van der Waals surface area (Å²) in [5.41, 5.74) is 5.67. The molecule has 0 aliphatic carbocycles. The fourth-order valence-electron chi connectivity index (χ4n) is 2.49. The van der Waals surface area contributed by atoms with E-state index in [1.807, 2.05) is 27.7 Å². The van der Waals surface area contributed by atoms with Gasteiger partial charge in [0.15, 0.2) is 0 Å². The maximum Gasteiger partial charge on any atom is 0.410 e. The molecule has 0 aromatic heterocycles. The Morgan fingerprint density at radius 3 is 2.50 bits per heavy atom. The molecule has 1 aromatic rings. The highest BCUT2D eigenvalue weighted by atomic mass is 19.1. The first-order valence-electron chi connectivity index (χ1n) is 7.08. The van der Waals surface area contributed by atoms with E-state index in [0.717, 1.165) is 0 Å². The van der Waals surface area contributed by atoms with Gasteiger partial charge in [0.1, 0.15) is 5.82 Å². The van der Waals surface area contributed by atoms with Gasteiger partial charge in [0.05, 0.1) is 7.11 Å². The number of rotatable bonds is 4. The van der Waals surface area contributed by atoms with E-state index in [9.17, 15) is 9.18 Å². The lowest BCUT2D eigenvalue weighted by molar-refractivity contribution is 0.0632. The Labute approximate surface area is 130 Å². The molecule has 1 aromatic carbocycles. The SMILES string of the molecule is COC(=O)N([C@H](C)CC(=N)c1ccc(N)cc1F)C(C)(C)C. The van der Waals surface area contributed by atoms with Crippen LogP contribution in [-0.4, -0.2) is 35.4 Å². The van der Waals surface area contributed by atoms with Crippen molar-refractivity contribution in [1.82, 2.24) is 4.90 Å². The van der Waals surface area contributed by atoms with Crippen LogP contribution in [0.25, 0.3) is 0 Å². The molecule has 122 valence electrons. The number of ether oxygens (including phenoxy) is 1. The lowest BCUT2D eigenvalue weighted by Crippen LogP contribution is -2.51. The zero-order valence-electron chi connectivity index (χ0n) is 13.7. The molecule has 3 N–H and O–H groups in total. The summed E-state index contributed by atoms with van der Waals surface area (Å²) in [6.07, 6.45) is -0.252. The summed E-state index contributed by atoms with van der Waals surface area (Å²) >= 11 is 0. The molecule has 0 unspecified atom stereocenters. The fraction of sp³-hybridized carbons (Fsp3) is 0.500. The van der Waals surface area contributed by atoms with Gasteiger partial charge in [-0.2, -0.15) is 0 Å². The Hall–Kier alpha value is -2.11. The summed E-state index contributed by atoms with van der Waals surface area (Å²) < 4.78 is 18.7. The molecule has 0 bridgehead atoms. The van der Waals surface area contributed by atoms with Crippen molar-refractivity contribution in [3.8, 4) is 0 Å². The molecular formula is C16H24FN3O2. The number of hydrogen-bond acceptors (Lipinski definition) is 4. The zero-order chi connectivity index (χ0) is 17.1. The fourth-order valence-corrected chi connectivity index (χ4v) is 2.49. The van der Waals surface area contributed by atoms with Gasteiger partial charge < -0.3 is 20.8 Å². The van der Waals surface area contributed by atoms with Crippen LogP contribution in [0.1, 0.15) is 39.7 Å². The number of halogens is 1. The molecule has 1 atom stereocenters. The van der Waals surface area contributed by atoms with Crippen LogP contribution in [0, 0.1) is 11.2 Å². The minimum absolute atomic E-state index is 0.114. The topological polar surface area (TPSA) is 79.4 Å². The molecule has 0 saturated carbocycles. The standard InChI is InChI=1S/C16H24FN3O2/c1-10(20(15(21)22-5)16(2,3)4)8-14(19)12-7-6-11(18)9-13(12)17/h6-7,9-10,19H,8,18H2,1-5H3/t10-/m1/s1. The average molecular weight is 309 g/mol. The van der Waals surface area contributed by atoms with Crippen molar-refractivity contribution in [3.05, 3.63) is 29.6 Å². The summed E-state index contributed by atoms with van der Waals surface area (Å²) in [6, 6.07) is 3.92. The summed E-state index contributed by atoms with van der Waals surface area (Å²) in [4.78, 5) is 13.5. The number of nitrogens with zero attached hydrogens (tertiary/aromatic N) is 1. The highest BCUT2D eigenvalue weighted by Gasteiger charge is 2.32. The summed E-state index contributed by atoms with van der Waals surface area (Å²) in [5.74, 6) is -0.530. The molecule has 6 heteroatoms. The lowest BCUT2D eigenvalue weighted by Gasteiger charge is -2.39. The average Bonchev–Trinajstić information content (AvgIpc) is 2.36. The second-order valence-corrected chi connectivity index (χ2v) is 6.28. The van der Waals surface area contributed by atoms with Crippen LogP contribution in [0.2, 0.25) is 0 Å². The van der Waals surface area contributed by atoms with Crippen molar-refractivity contribution >= 4 is 17.5 Å². The molecule has 0 radical (unpaired) electrons. The van der Waals surface area contributed by atoms with Crippen molar-refractivity contribution in [3.63, 3.8) is 0 Å². The van der Waals surface area contributed by atoms with E-state index in [2.05, 4.69) is 0 Å². The van der Waals surface area contributed by atoms with Gasteiger partial charge in [-0.05, 0) is 45.9 Å². The summed E-state index contributed by atoms with van der Waals surface area (Å²) in [5, 5.41) is 8.11. The van der Waals surface area contributed by atoms with E-state index >= 15 is 0 Å². The Balaban J connectivity index is 2.96. The number of methoxy groups -OCH3 is 1. The Morgan fingerprint density at radius 1 is 1.45 bits per heavy atom. The second-order valence-electron chi connectivity index (χ2n) is 6.28. The van der Waals surface area contributed by atoms with Crippen LogP contribution in [0.15, 0.2) is 18.2 Å². The Morgan fingerprint density at radius 2 is 2.05 bits per heavy atom. The van der Waals surface area contributed by atoms with E-state index in [4.69, 9.17) is 15.9 Å². The van der Waals surface area contributed by atoms with Gasteiger partial charge in [-0.3, -0.25) is 0 Å². The van der Waals surface area contributed by atoms with E-state index < -0.39 is 17.4 Å². The predicted octanol–water partition coefficient (Wildman–Crippen LogP) is 3.42. The van der Waals surface area contributed by atoms with E-state index in [-0.39, 0.29) is 23.7 Å². The number of carbonyl (C=O) groups excluding carboxylic acids is 1. The van der Waals surface area contributed by atoms with Crippen LogP contribution in [0.3, 0.4) is 0 Å². The largest absolute Gasteiger partial charge is 0.453 e. The maximum atomic E-state index is 13.9. The minimum Gasteiger partial charge on any atom is -0.453 e. The molecule has 0 heterocycles. The number of carbonyl (C=O) groups is 1. The van der Waals surface area contributed by atoms with Crippen molar-refractivity contribution in [2.75, 3.05) is 12.8 Å². The highest BCUT2D eigenvalue weighted by Crippen LogP contribution is 2.22. The monoisotopic (exact) mass is 309 g/mol. The second kappa shape index (κ2) is 6.77.